The van der Waals surface area contributed by atoms with Gasteiger partial charge in [-0.15, -0.1) is 0 Å². The lowest BCUT2D eigenvalue weighted by Crippen LogP contribution is -2.46. The molecule has 3 rings (SSSR count). The number of carbonyl (C=O) groups excluding carboxylic acids is 1. The van der Waals surface area contributed by atoms with E-state index in [-0.39, 0.29) is 24.2 Å². The maximum atomic E-state index is 13.0. The molecule has 1 amide bonds. The molecule has 1 heterocycles. The van der Waals surface area contributed by atoms with Crippen LogP contribution in [0.25, 0.3) is 0 Å². The van der Waals surface area contributed by atoms with Crippen LogP contribution < -0.4 is 10.1 Å². The molecule has 1 fully saturated rings. The third-order valence-electron chi connectivity index (χ3n) is 5.55. The predicted molar refractivity (Wildman–Crippen MR) is 128 cm³/mol. The molecule has 0 unspecified atom stereocenters. The van der Waals surface area contributed by atoms with Crippen molar-refractivity contribution in [2.45, 2.75) is 38.5 Å². The lowest BCUT2D eigenvalue weighted by Gasteiger charge is -2.32. The standard InChI is InChI=1S/C23H28Cl2N2O4S/c1-3-31-21-10-7-17(8-11-21)16(2)26-23(28)18-5-4-12-27(14-18)32(29,30)15-19-6-9-20(24)13-22(19)25/h6-11,13,16,18H,3-5,12,14-15H2,1-2H3,(H,26,28)/t16-,18+/m0/s1. The van der Waals surface area contributed by atoms with Gasteiger partial charge in [0.15, 0.2) is 0 Å². The summed E-state index contributed by atoms with van der Waals surface area (Å²) in [7, 11) is -3.62. The van der Waals surface area contributed by atoms with Crippen LogP contribution in [-0.2, 0) is 20.6 Å². The molecular weight excluding hydrogens is 471 g/mol. The SMILES string of the molecule is CCOc1ccc([C@H](C)NC(=O)[C@@H]2CCCN(S(=O)(=O)Cc3ccc(Cl)cc3Cl)C2)cc1. The summed E-state index contributed by atoms with van der Waals surface area (Å²) in [6.07, 6.45) is 1.28. The van der Waals surface area contributed by atoms with Crippen LogP contribution in [-0.4, -0.2) is 38.3 Å². The fourth-order valence-corrected chi connectivity index (χ4v) is 5.97. The topological polar surface area (TPSA) is 75.7 Å². The molecule has 1 N–H and O–H groups in total. The number of sulfonamides is 1. The molecule has 0 radical (unpaired) electrons. The largest absolute Gasteiger partial charge is 0.494 e. The number of amides is 1. The van der Waals surface area contributed by atoms with Crippen molar-refractivity contribution >= 4 is 39.1 Å². The van der Waals surface area contributed by atoms with Crippen molar-refractivity contribution in [3.05, 3.63) is 63.6 Å². The molecule has 2 aromatic rings. The number of hydrogen-bond acceptors (Lipinski definition) is 4. The van der Waals surface area contributed by atoms with Crippen molar-refractivity contribution in [2.24, 2.45) is 5.92 Å². The summed E-state index contributed by atoms with van der Waals surface area (Å²) in [4.78, 5) is 12.9. The van der Waals surface area contributed by atoms with Gasteiger partial charge in [-0.2, -0.15) is 0 Å². The summed E-state index contributed by atoms with van der Waals surface area (Å²) in [5, 5.41) is 3.79. The number of benzene rings is 2. The van der Waals surface area contributed by atoms with Gasteiger partial charge in [0.05, 0.1) is 24.3 Å². The van der Waals surface area contributed by atoms with Crippen LogP contribution in [0.4, 0.5) is 0 Å². The average molecular weight is 499 g/mol. The maximum absolute atomic E-state index is 13.0. The molecule has 6 nitrogen and oxygen atoms in total. The van der Waals surface area contributed by atoms with Crippen molar-refractivity contribution < 1.29 is 17.9 Å². The summed E-state index contributed by atoms with van der Waals surface area (Å²) >= 11 is 12.1. The Morgan fingerprint density at radius 2 is 1.94 bits per heavy atom. The van der Waals surface area contributed by atoms with E-state index in [1.54, 1.807) is 12.1 Å². The molecule has 174 valence electrons. The van der Waals surface area contributed by atoms with Gasteiger partial charge in [0.2, 0.25) is 15.9 Å². The number of piperidine rings is 1. The van der Waals surface area contributed by atoms with Gasteiger partial charge in [-0.05, 0) is 62.1 Å². The first-order valence-corrected chi connectivity index (χ1v) is 13.0. The minimum atomic E-state index is -3.62. The summed E-state index contributed by atoms with van der Waals surface area (Å²) in [5.41, 5.74) is 1.45. The van der Waals surface area contributed by atoms with Crippen molar-refractivity contribution in [1.82, 2.24) is 9.62 Å². The third-order valence-corrected chi connectivity index (χ3v) is 7.93. The Morgan fingerprint density at radius 1 is 1.22 bits per heavy atom. The molecule has 0 saturated carbocycles. The summed E-state index contributed by atoms with van der Waals surface area (Å²) in [6.45, 7) is 4.99. The third kappa shape index (κ3) is 6.38. The monoisotopic (exact) mass is 498 g/mol. The first-order valence-electron chi connectivity index (χ1n) is 10.6. The highest BCUT2D eigenvalue weighted by molar-refractivity contribution is 7.88. The smallest absolute Gasteiger partial charge is 0.224 e. The molecule has 2 atom stereocenters. The quantitative estimate of drug-likeness (QED) is 0.566. The molecule has 2 aromatic carbocycles. The Hall–Kier alpha value is -1.80. The summed E-state index contributed by atoms with van der Waals surface area (Å²) in [5.74, 6) is 0.0174. The van der Waals surface area contributed by atoms with Gasteiger partial charge in [-0.1, -0.05) is 41.4 Å². The fourth-order valence-electron chi connectivity index (χ4n) is 3.77. The highest BCUT2D eigenvalue weighted by Gasteiger charge is 2.33. The number of carbonyl (C=O) groups is 1. The Labute approximate surface area is 199 Å². The van der Waals surface area contributed by atoms with E-state index in [0.717, 1.165) is 11.3 Å². The summed E-state index contributed by atoms with van der Waals surface area (Å²) in [6, 6.07) is 12.2. The lowest BCUT2D eigenvalue weighted by molar-refractivity contribution is -0.126. The van der Waals surface area contributed by atoms with Crippen molar-refractivity contribution in [1.29, 1.82) is 0 Å². The number of rotatable bonds is 8. The second-order valence-corrected chi connectivity index (χ2v) is 10.7. The van der Waals surface area contributed by atoms with Crippen LogP contribution in [0.1, 0.15) is 43.9 Å². The minimum Gasteiger partial charge on any atom is -0.494 e. The maximum Gasteiger partial charge on any atom is 0.224 e. The molecule has 1 aliphatic rings. The van der Waals surface area contributed by atoms with Gasteiger partial charge in [0.1, 0.15) is 5.75 Å². The van der Waals surface area contributed by atoms with Gasteiger partial charge in [0, 0.05) is 23.1 Å². The van der Waals surface area contributed by atoms with Crippen LogP contribution in [0, 0.1) is 5.92 Å². The van der Waals surface area contributed by atoms with Crippen LogP contribution in [0.5, 0.6) is 5.75 Å². The zero-order valence-electron chi connectivity index (χ0n) is 18.2. The molecule has 0 aromatic heterocycles. The Balaban J connectivity index is 1.62. The van der Waals surface area contributed by atoms with Crippen molar-refractivity contribution in [2.75, 3.05) is 19.7 Å². The number of nitrogens with one attached hydrogen (secondary N) is 1. The highest BCUT2D eigenvalue weighted by Crippen LogP contribution is 2.27. The molecule has 32 heavy (non-hydrogen) atoms. The molecule has 0 bridgehead atoms. The van der Waals surface area contributed by atoms with E-state index in [4.69, 9.17) is 27.9 Å². The zero-order valence-corrected chi connectivity index (χ0v) is 20.5. The lowest BCUT2D eigenvalue weighted by atomic mass is 9.98. The van der Waals surface area contributed by atoms with E-state index in [1.165, 1.54) is 10.4 Å². The average Bonchev–Trinajstić information content (AvgIpc) is 2.76. The molecular formula is C23H28Cl2N2O4S. The van der Waals surface area contributed by atoms with Gasteiger partial charge in [-0.25, -0.2) is 12.7 Å². The Morgan fingerprint density at radius 3 is 2.59 bits per heavy atom. The van der Waals surface area contributed by atoms with Crippen LogP contribution >= 0.6 is 23.2 Å². The summed E-state index contributed by atoms with van der Waals surface area (Å²) < 4.78 is 32.8. The van der Waals surface area contributed by atoms with E-state index in [9.17, 15) is 13.2 Å². The molecule has 9 heteroatoms. The highest BCUT2D eigenvalue weighted by atomic mass is 35.5. The molecule has 1 saturated heterocycles. The van der Waals surface area contributed by atoms with Crippen molar-refractivity contribution in [3.8, 4) is 5.75 Å². The number of halogens is 2. The van der Waals surface area contributed by atoms with E-state index in [1.807, 2.05) is 38.1 Å². The molecule has 0 spiro atoms. The number of ether oxygens (including phenoxy) is 1. The predicted octanol–water partition coefficient (Wildman–Crippen LogP) is 4.81. The van der Waals surface area contributed by atoms with Gasteiger partial charge in [-0.3, -0.25) is 4.79 Å². The zero-order chi connectivity index (χ0) is 23.3. The van der Waals surface area contributed by atoms with Gasteiger partial charge < -0.3 is 10.1 Å². The first-order chi connectivity index (χ1) is 15.2. The molecule has 1 aliphatic heterocycles. The van der Waals surface area contributed by atoms with E-state index < -0.39 is 15.9 Å². The first kappa shape index (κ1) is 24.8. The minimum absolute atomic E-state index is 0.143. The second kappa shape index (κ2) is 10.9. The molecule has 0 aliphatic carbocycles. The van der Waals surface area contributed by atoms with Crippen LogP contribution in [0.15, 0.2) is 42.5 Å². The van der Waals surface area contributed by atoms with E-state index in [2.05, 4.69) is 5.32 Å². The van der Waals surface area contributed by atoms with Gasteiger partial charge >= 0.3 is 0 Å². The van der Waals surface area contributed by atoms with E-state index >= 15 is 0 Å². The van der Waals surface area contributed by atoms with Crippen LogP contribution in [0.2, 0.25) is 10.0 Å². The Bertz CT molecular complexity index is 1040. The fraction of sp³-hybridized carbons (Fsp3) is 0.435. The number of hydrogen-bond donors (Lipinski definition) is 1. The number of nitrogens with zero attached hydrogens (tertiary/aromatic N) is 1. The van der Waals surface area contributed by atoms with E-state index in [0.29, 0.717) is 41.6 Å². The van der Waals surface area contributed by atoms with Gasteiger partial charge in [0.25, 0.3) is 0 Å². The second-order valence-electron chi connectivity index (χ2n) is 7.92. The van der Waals surface area contributed by atoms with Crippen molar-refractivity contribution in [3.63, 3.8) is 0 Å². The normalized spacial score (nSPS) is 18.2. The Kier molecular flexibility index (Phi) is 8.44. The van der Waals surface area contributed by atoms with Crippen LogP contribution in [0.3, 0.4) is 0 Å².